The fourth-order valence-corrected chi connectivity index (χ4v) is 2.43. The molecule has 0 aliphatic rings. The number of guanidine groups is 1. The zero-order chi connectivity index (χ0) is 17.9. The van der Waals surface area contributed by atoms with Crippen molar-refractivity contribution < 1.29 is 13.7 Å². The van der Waals surface area contributed by atoms with Crippen molar-refractivity contribution in [2.75, 3.05) is 26.2 Å². The van der Waals surface area contributed by atoms with Crippen LogP contribution in [0.25, 0.3) is 0 Å². The molecule has 2 aromatic heterocycles. The van der Waals surface area contributed by atoms with Gasteiger partial charge >= 0.3 is 0 Å². The minimum atomic E-state index is 0.506. The third-order valence-corrected chi connectivity index (χ3v) is 3.73. The van der Waals surface area contributed by atoms with Gasteiger partial charge in [-0.05, 0) is 45.7 Å². The molecule has 2 aromatic rings. The SMILES string of the molecule is CCNC(=NCCCOCc1ccco1)NCCc1c(C)noc1C. The zero-order valence-electron chi connectivity index (χ0n) is 15.3. The normalized spacial score (nSPS) is 11.7. The number of hydrogen-bond acceptors (Lipinski definition) is 5. The summed E-state index contributed by atoms with van der Waals surface area (Å²) in [5, 5.41) is 10.6. The average molecular weight is 348 g/mol. The number of furan rings is 1. The molecule has 25 heavy (non-hydrogen) atoms. The Kier molecular flexibility index (Phi) is 8.04. The number of aliphatic imine (C=N–C) groups is 1. The fraction of sp³-hybridized carbons (Fsp3) is 0.556. The van der Waals surface area contributed by atoms with Crippen LogP contribution in [-0.2, 0) is 17.8 Å². The molecular formula is C18H28N4O3. The third-order valence-electron chi connectivity index (χ3n) is 3.73. The summed E-state index contributed by atoms with van der Waals surface area (Å²) >= 11 is 0. The predicted molar refractivity (Wildman–Crippen MR) is 96.6 cm³/mol. The van der Waals surface area contributed by atoms with Crippen molar-refractivity contribution in [1.29, 1.82) is 0 Å². The predicted octanol–water partition coefficient (Wildman–Crippen LogP) is 2.59. The largest absolute Gasteiger partial charge is 0.467 e. The number of hydrogen-bond donors (Lipinski definition) is 2. The quantitative estimate of drug-likeness (QED) is 0.390. The molecule has 0 saturated carbocycles. The molecule has 0 radical (unpaired) electrons. The first kappa shape index (κ1) is 19.1. The van der Waals surface area contributed by atoms with Crippen molar-refractivity contribution in [2.24, 2.45) is 4.99 Å². The number of ether oxygens (including phenoxy) is 1. The molecule has 2 N–H and O–H groups in total. The minimum Gasteiger partial charge on any atom is -0.467 e. The van der Waals surface area contributed by atoms with Crippen LogP contribution in [0.4, 0.5) is 0 Å². The Balaban J connectivity index is 1.65. The van der Waals surface area contributed by atoms with Gasteiger partial charge in [0.25, 0.3) is 0 Å². The van der Waals surface area contributed by atoms with E-state index in [4.69, 9.17) is 13.7 Å². The smallest absolute Gasteiger partial charge is 0.191 e. The molecule has 0 saturated heterocycles. The number of nitrogens with one attached hydrogen (secondary N) is 2. The first-order chi connectivity index (χ1) is 12.2. The third kappa shape index (κ3) is 6.62. The number of rotatable bonds is 10. The second-order valence-electron chi connectivity index (χ2n) is 5.73. The number of nitrogens with zero attached hydrogens (tertiary/aromatic N) is 2. The van der Waals surface area contributed by atoms with Crippen LogP contribution in [0.5, 0.6) is 0 Å². The molecule has 0 atom stereocenters. The maximum atomic E-state index is 5.56. The van der Waals surface area contributed by atoms with Gasteiger partial charge in [-0.3, -0.25) is 4.99 Å². The van der Waals surface area contributed by atoms with Gasteiger partial charge in [-0.15, -0.1) is 0 Å². The molecule has 138 valence electrons. The van der Waals surface area contributed by atoms with Gasteiger partial charge in [-0.25, -0.2) is 0 Å². The Labute approximate surface area is 148 Å². The van der Waals surface area contributed by atoms with E-state index in [1.165, 1.54) is 0 Å². The van der Waals surface area contributed by atoms with Crippen LogP contribution in [0.3, 0.4) is 0 Å². The summed E-state index contributed by atoms with van der Waals surface area (Å²) < 4.78 is 16.0. The number of aryl methyl sites for hydroxylation is 2. The lowest BCUT2D eigenvalue weighted by Crippen LogP contribution is -2.38. The van der Waals surface area contributed by atoms with Gasteiger partial charge in [0.05, 0.1) is 12.0 Å². The first-order valence-corrected chi connectivity index (χ1v) is 8.74. The molecule has 0 unspecified atom stereocenters. The van der Waals surface area contributed by atoms with E-state index in [0.717, 1.165) is 54.7 Å². The van der Waals surface area contributed by atoms with Gasteiger partial charge in [-0.1, -0.05) is 5.16 Å². The van der Waals surface area contributed by atoms with Crippen molar-refractivity contribution >= 4 is 5.96 Å². The van der Waals surface area contributed by atoms with E-state index in [1.807, 2.05) is 26.0 Å². The molecular weight excluding hydrogens is 320 g/mol. The summed E-state index contributed by atoms with van der Waals surface area (Å²) in [6, 6.07) is 3.77. The first-order valence-electron chi connectivity index (χ1n) is 8.74. The molecule has 0 aromatic carbocycles. The van der Waals surface area contributed by atoms with Crippen molar-refractivity contribution in [3.05, 3.63) is 41.2 Å². The highest BCUT2D eigenvalue weighted by atomic mass is 16.5. The summed E-state index contributed by atoms with van der Waals surface area (Å²) in [5.74, 6) is 2.55. The van der Waals surface area contributed by atoms with Gasteiger partial charge in [0.1, 0.15) is 18.1 Å². The lowest BCUT2D eigenvalue weighted by atomic mass is 10.1. The lowest BCUT2D eigenvalue weighted by Gasteiger charge is -2.11. The summed E-state index contributed by atoms with van der Waals surface area (Å²) in [6.07, 6.45) is 3.37. The molecule has 0 spiro atoms. The van der Waals surface area contributed by atoms with E-state index in [9.17, 15) is 0 Å². The van der Waals surface area contributed by atoms with E-state index in [1.54, 1.807) is 6.26 Å². The Morgan fingerprint density at radius 3 is 2.88 bits per heavy atom. The Morgan fingerprint density at radius 2 is 2.20 bits per heavy atom. The molecule has 0 amide bonds. The van der Waals surface area contributed by atoms with E-state index in [2.05, 4.69) is 27.7 Å². The monoisotopic (exact) mass is 348 g/mol. The molecule has 0 aliphatic heterocycles. The molecule has 2 heterocycles. The van der Waals surface area contributed by atoms with Crippen LogP contribution in [0, 0.1) is 13.8 Å². The van der Waals surface area contributed by atoms with Crippen LogP contribution in [0.1, 0.15) is 36.1 Å². The summed E-state index contributed by atoms with van der Waals surface area (Å²) in [7, 11) is 0. The van der Waals surface area contributed by atoms with Crippen molar-refractivity contribution in [1.82, 2.24) is 15.8 Å². The second-order valence-corrected chi connectivity index (χ2v) is 5.73. The van der Waals surface area contributed by atoms with Crippen LogP contribution in [0.2, 0.25) is 0 Å². The van der Waals surface area contributed by atoms with E-state index in [0.29, 0.717) is 19.8 Å². The molecule has 0 fully saturated rings. The fourth-order valence-electron chi connectivity index (χ4n) is 2.43. The molecule has 7 nitrogen and oxygen atoms in total. The molecule has 2 rings (SSSR count). The van der Waals surface area contributed by atoms with Crippen molar-refractivity contribution in [2.45, 2.75) is 40.2 Å². The summed E-state index contributed by atoms with van der Waals surface area (Å²) in [4.78, 5) is 4.56. The Morgan fingerprint density at radius 1 is 1.32 bits per heavy atom. The molecule has 0 bridgehead atoms. The lowest BCUT2D eigenvalue weighted by molar-refractivity contribution is 0.105. The van der Waals surface area contributed by atoms with Gasteiger partial charge in [0.2, 0.25) is 0 Å². The van der Waals surface area contributed by atoms with Gasteiger partial charge in [0.15, 0.2) is 5.96 Å². The topological polar surface area (TPSA) is 84.8 Å². The highest BCUT2D eigenvalue weighted by molar-refractivity contribution is 5.79. The maximum absolute atomic E-state index is 5.56. The Hall–Kier alpha value is -2.28. The number of aromatic nitrogens is 1. The highest BCUT2D eigenvalue weighted by Gasteiger charge is 2.08. The zero-order valence-corrected chi connectivity index (χ0v) is 15.3. The summed E-state index contributed by atoms with van der Waals surface area (Å²) in [6.45, 7) is 9.44. The van der Waals surface area contributed by atoms with Gasteiger partial charge in [-0.2, -0.15) is 0 Å². The average Bonchev–Trinajstić information content (AvgIpc) is 3.22. The Bertz CT molecular complexity index is 615. The maximum Gasteiger partial charge on any atom is 0.191 e. The molecule has 0 aliphatic carbocycles. The van der Waals surface area contributed by atoms with Crippen LogP contribution in [-0.4, -0.2) is 37.4 Å². The van der Waals surface area contributed by atoms with Crippen LogP contribution in [0.15, 0.2) is 32.3 Å². The minimum absolute atomic E-state index is 0.506. The second kappa shape index (κ2) is 10.6. The van der Waals surface area contributed by atoms with Crippen LogP contribution >= 0.6 is 0 Å². The standard InChI is InChI=1S/C18H28N4O3/c1-4-19-18(21-10-8-17-14(2)22-25-15(17)3)20-9-6-11-23-13-16-7-5-12-24-16/h5,7,12H,4,6,8-11,13H2,1-3H3,(H2,19,20,21). The molecule has 7 heteroatoms. The van der Waals surface area contributed by atoms with Gasteiger partial charge in [0, 0.05) is 31.8 Å². The highest BCUT2D eigenvalue weighted by Crippen LogP contribution is 2.11. The van der Waals surface area contributed by atoms with Gasteiger partial charge < -0.3 is 24.3 Å². The van der Waals surface area contributed by atoms with E-state index in [-0.39, 0.29) is 0 Å². The van der Waals surface area contributed by atoms with E-state index >= 15 is 0 Å². The summed E-state index contributed by atoms with van der Waals surface area (Å²) in [5.41, 5.74) is 2.12. The van der Waals surface area contributed by atoms with Crippen LogP contribution < -0.4 is 10.6 Å². The van der Waals surface area contributed by atoms with Crippen molar-refractivity contribution in [3.63, 3.8) is 0 Å². The van der Waals surface area contributed by atoms with E-state index < -0.39 is 0 Å². The van der Waals surface area contributed by atoms with Crippen molar-refractivity contribution in [3.8, 4) is 0 Å².